The van der Waals surface area contributed by atoms with Crippen molar-refractivity contribution >= 4 is 28.7 Å². The summed E-state index contributed by atoms with van der Waals surface area (Å²) in [7, 11) is 0. The van der Waals surface area contributed by atoms with Gasteiger partial charge in [0.15, 0.2) is 5.16 Å². The average Bonchev–Trinajstić information content (AvgIpc) is 3.32. The highest BCUT2D eigenvalue weighted by Gasteiger charge is 2.26. The fourth-order valence-corrected chi connectivity index (χ4v) is 5.38. The highest BCUT2D eigenvalue weighted by molar-refractivity contribution is 7.98. The molecule has 0 saturated carbocycles. The van der Waals surface area contributed by atoms with E-state index in [-0.39, 0.29) is 5.56 Å². The molecule has 0 saturated heterocycles. The minimum Gasteiger partial charge on any atom is -0.337 e. The van der Waals surface area contributed by atoms with Crippen molar-refractivity contribution in [3.8, 4) is 5.69 Å². The highest BCUT2D eigenvalue weighted by Crippen LogP contribution is 2.27. The molecule has 0 bridgehead atoms. The van der Waals surface area contributed by atoms with Crippen LogP contribution in [0, 0.1) is 6.92 Å². The minimum atomic E-state index is -0.0217. The lowest BCUT2D eigenvalue weighted by atomic mass is 10.1. The van der Waals surface area contributed by atoms with Crippen LogP contribution in [0.3, 0.4) is 0 Å². The second-order valence-corrected chi connectivity index (χ2v) is 9.64. The van der Waals surface area contributed by atoms with Gasteiger partial charge in [0.1, 0.15) is 0 Å². The van der Waals surface area contributed by atoms with Gasteiger partial charge in [-0.15, -0.1) is 0 Å². The van der Waals surface area contributed by atoms with Crippen LogP contribution in [0.5, 0.6) is 0 Å². The molecule has 0 amide bonds. The van der Waals surface area contributed by atoms with Crippen LogP contribution in [-0.4, -0.2) is 31.0 Å². The van der Waals surface area contributed by atoms with Gasteiger partial charge in [-0.1, -0.05) is 42.1 Å². The first-order valence-corrected chi connectivity index (χ1v) is 12.6. The summed E-state index contributed by atoms with van der Waals surface area (Å²) in [6.45, 7) is 3.28. The number of para-hydroxylation sites is 1. The molecular formula is C27H24N6OS. The third-order valence-electron chi connectivity index (χ3n) is 6.23. The summed E-state index contributed by atoms with van der Waals surface area (Å²) < 4.78 is 1.74. The zero-order valence-electron chi connectivity index (χ0n) is 19.3. The van der Waals surface area contributed by atoms with Gasteiger partial charge in [0.25, 0.3) is 5.56 Å². The van der Waals surface area contributed by atoms with E-state index in [2.05, 4.69) is 40.0 Å². The number of pyridine rings is 1. The predicted molar refractivity (Wildman–Crippen MR) is 139 cm³/mol. The first kappa shape index (κ1) is 21.6. The molecule has 8 heteroatoms. The van der Waals surface area contributed by atoms with E-state index >= 15 is 0 Å². The molecule has 6 rings (SSSR count). The summed E-state index contributed by atoms with van der Waals surface area (Å²) in [5, 5.41) is 0.705. The molecule has 1 aliphatic rings. The van der Waals surface area contributed by atoms with Crippen molar-refractivity contribution in [2.45, 2.75) is 30.8 Å². The molecule has 7 nitrogen and oxygen atoms in total. The average molecular weight is 481 g/mol. The Labute approximate surface area is 206 Å². The third-order valence-corrected chi connectivity index (χ3v) is 7.24. The topological polar surface area (TPSA) is 79.7 Å². The van der Waals surface area contributed by atoms with E-state index in [9.17, 15) is 4.79 Å². The van der Waals surface area contributed by atoms with Crippen molar-refractivity contribution in [2.75, 3.05) is 11.4 Å². The summed E-state index contributed by atoms with van der Waals surface area (Å²) in [6, 6.07) is 19.9. The number of rotatable bonds is 5. The van der Waals surface area contributed by atoms with Crippen LogP contribution in [0.2, 0.25) is 0 Å². The van der Waals surface area contributed by atoms with Crippen LogP contribution in [0.4, 0.5) is 5.95 Å². The Morgan fingerprint density at radius 1 is 1.06 bits per heavy atom. The molecule has 35 heavy (non-hydrogen) atoms. The normalized spacial score (nSPS) is 13.2. The Morgan fingerprint density at radius 3 is 2.77 bits per heavy atom. The van der Waals surface area contributed by atoms with Gasteiger partial charge in [0, 0.05) is 31.1 Å². The number of hydrogen-bond acceptors (Lipinski definition) is 6. The van der Waals surface area contributed by atoms with Gasteiger partial charge >= 0.3 is 0 Å². The van der Waals surface area contributed by atoms with Gasteiger partial charge in [0.2, 0.25) is 5.95 Å². The van der Waals surface area contributed by atoms with Crippen LogP contribution in [-0.2, 0) is 18.7 Å². The molecule has 1 aliphatic heterocycles. The number of thioether (sulfide) groups is 1. The maximum absolute atomic E-state index is 13.9. The van der Waals surface area contributed by atoms with E-state index in [1.54, 1.807) is 22.5 Å². The van der Waals surface area contributed by atoms with Gasteiger partial charge in [-0.2, -0.15) is 0 Å². The Morgan fingerprint density at radius 2 is 1.94 bits per heavy atom. The Bertz CT molecular complexity index is 1560. The lowest BCUT2D eigenvalue weighted by molar-refractivity contribution is 0.644. The highest BCUT2D eigenvalue weighted by atomic mass is 32.2. The molecule has 0 aliphatic carbocycles. The van der Waals surface area contributed by atoms with Crippen molar-refractivity contribution in [1.29, 1.82) is 0 Å². The number of aromatic nitrogens is 5. The van der Waals surface area contributed by atoms with Gasteiger partial charge in [-0.05, 0) is 48.4 Å². The molecule has 1 N–H and O–H groups in total. The van der Waals surface area contributed by atoms with Gasteiger partial charge in [0.05, 0.1) is 34.5 Å². The molecule has 0 atom stereocenters. The monoisotopic (exact) mass is 480 g/mol. The van der Waals surface area contributed by atoms with Crippen LogP contribution in [0.25, 0.3) is 16.7 Å². The van der Waals surface area contributed by atoms with Crippen LogP contribution in [0.1, 0.15) is 22.4 Å². The van der Waals surface area contributed by atoms with E-state index in [1.807, 2.05) is 48.7 Å². The SMILES string of the molecule is Cc1ccc2[nH]c(N3CCc4nc(SCc5cccnc5)n(-c5ccccc5)c(=O)c4C3)nc2c1. The van der Waals surface area contributed by atoms with E-state index in [0.717, 1.165) is 46.0 Å². The molecule has 4 heterocycles. The second-order valence-electron chi connectivity index (χ2n) is 8.70. The summed E-state index contributed by atoms with van der Waals surface area (Å²) in [4.78, 5) is 33.4. The van der Waals surface area contributed by atoms with Crippen LogP contribution in [0.15, 0.2) is 83.0 Å². The van der Waals surface area contributed by atoms with E-state index in [1.165, 1.54) is 5.56 Å². The molecule has 3 aromatic heterocycles. The zero-order chi connectivity index (χ0) is 23.8. The summed E-state index contributed by atoms with van der Waals surface area (Å²) in [5.74, 6) is 1.48. The summed E-state index contributed by atoms with van der Waals surface area (Å²) in [6.07, 6.45) is 4.31. The Balaban J connectivity index is 1.38. The van der Waals surface area contributed by atoms with E-state index < -0.39 is 0 Å². The number of imidazole rings is 1. The maximum Gasteiger partial charge on any atom is 0.264 e. The number of nitrogens with one attached hydrogen (secondary N) is 1. The van der Waals surface area contributed by atoms with Crippen molar-refractivity contribution in [1.82, 2.24) is 24.5 Å². The molecule has 0 fully saturated rings. The van der Waals surface area contributed by atoms with E-state index in [0.29, 0.717) is 23.9 Å². The number of aromatic amines is 1. The smallest absolute Gasteiger partial charge is 0.264 e. The number of fused-ring (bicyclic) bond motifs is 2. The fraction of sp³-hybridized carbons (Fsp3) is 0.185. The first-order valence-electron chi connectivity index (χ1n) is 11.6. The number of aryl methyl sites for hydroxylation is 1. The molecule has 0 spiro atoms. The number of anilines is 1. The van der Waals surface area contributed by atoms with Crippen molar-refractivity contribution < 1.29 is 0 Å². The maximum atomic E-state index is 13.9. The fourth-order valence-electron chi connectivity index (χ4n) is 4.42. The summed E-state index contributed by atoms with van der Waals surface area (Å²) in [5.41, 5.74) is 6.60. The summed E-state index contributed by atoms with van der Waals surface area (Å²) >= 11 is 1.56. The molecule has 174 valence electrons. The molecule has 0 radical (unpaired) electrons. The number of nitrogens with zero attached hydrogens (tertiary/aromatic N) is 5. The van der Waals surface area contributed by atoms with Gasteiger partial charge < -0.3 is 9.88 Å². The quantitative estimate of drug-likeness (QED) is 0.291. The van der Waals surface area contributed by atoms with Gasteiger partial charge in [-0.3, -0.25) is 14.3 Å². The van der Waals surface area contributed by atoms with Crippen LogP contribution >= 0.6 is 11.8 Å². The number of H-pyrrole nitrogens is 1. The van der Waals surface area contributed by atoms with Crippen molar-refractivity contribution in [3.05, 3.63) is 106 Å². The largest absolute Gasteiger partial charge is 0.337 e. The molecular weight excluding hydrogens is 456 g/mol. The molecule has 5 aromatic rings. The van der Waals surface area contributed by atoms with E-state index in [4.69, 9.17) is 9.97 Å². The third kappa shape index (κ3) is 4.21. The second kappa shape index (κ2) is 9.03. The minimum absolute atomic E-state index is 0.0217. The standard InChI is InChI=1S/C27H24N6OS/c1-18-9-10-23-24(14-18)30-26(29-23)32-13-11-22-21(16-32)25(34)33(20-7-3-2-4-8-20)27(31-22)35-17-19-6-5-12-28-15-19/h2-10,12,14-15H,11,13,16-17H2,1H3,(H,29,30). The molecule has 2 aromatic carbocycles. The van der Waals surface area contributed by atoms with Crippen LogP contribution < -0.4 is 10.5 Å². The predicted octanol–water partition coefficient (Wildman–Crippen LogP) is 4.67. The van der Waals surface area contributed by atoms with Crippen molar-refractivity contribution in [2.24, 2.45) is 0 Å². The molecule has 0 unspecified atom stereocenters. The Kier molecular flexibility index (Phi) is 5.58. The zero-order valence-corrected chi connectivity index (χ0v) is 20.1. The number of hydrogen-bond donors (Lipinski definition) is 1. The van der Waals surface area contributed by atoms with Gasteiger partial charge in [-0.25, -0.2) is 9.97 Å². The number of benzene rings is 2. The first-order chi connectivity index (χ1) is 17.2. The van der Waals surface area contributed by atoms with Crippen molar-refractivity contribution in [3.63, 3.8) is 0 Å². The Hall–Kier alpha value is -3.91. The lowest BCUT2D eigenvalue weighted by Gasteiger charge is -2.28. The lowest BCUT2D eigenvalue weighted by Crippen LogP contribution is -2.38.